The molecule has 0 saturated heterocycles. The molecule has 0 aliphatic heterocycles. The van der Waals surface area contributed by atoms with Crippen LogP contribution in [-0.4, -0.2) is 27.2 Å². The Bertz CT molecular complexity index is 609. The molecule has 3 rings (SSSR count). The molecule has 0 aromatic carbocycles. The number of carbonyl (C=O) groups is 1. The zero-order valence-electron chi connectivity index (χ0n) is 12.6. The Morgan fingerprint density at radius 3 is 2.57 bits per heavy atom. The topological polar surface area (TPSA) is 85.8 Å². The fraction of sp³-hybridized carbons (Fsp3) is 0.400. The third-order valence-electron chi connectivity index (χ3n) is 4.18. The van der Waals surface area contributed by atoms with Crippen LogP contribution in [0.2, 0.25) is 0 Å². The van der Waals surface area contributed by atoms with Gasteiger partial charge in [-0.15, -0.1) is 24.8 Å². The van der Waals surface area contributed by atoms with Gasteiger partial charge in [0.1, 0.15) is 0 Å². The molecule has 2 aromatic heterocycles. The van der Waals surface area contributed by atoms with Crippen LogP contribution in [0.4, 0.5) is 5.69 Å². The molecule has 23 heavy (non-hydrogen) atoms. The van der Waals surface area contributed by atoms with E-state index in [4.69, 9.17) is 5.73 Å². The van der Waals surface area contributed by atoms with Crippen molar-refractivity contribution in [3.63, 3.8) is 0 Å². The first-order chi connectivity index (χ1) is 10.2. The van der Waals surface area contributed by atoms with Crippen molar-refractivity contribution in [1.82, 2.24) is 14.8 Å². The minimum atomic E-state index is -0.402. The Morgan fingerprint density at radius 1 is 1.30 bits per heavy atom. The molecule has 2 heterocycles. The molecule has 1 aliphatic rings. The summed E-state index contributed by atoms with van der Waals surface area (Å²) in [6.45, 7) is 0.400. The van der Waals surface area contributed by atoms with Crippen LogP contribution in [0.25, 0.3) is 5.82 Å². The number of aromatic nitrogens is 3. The van der Waals surface area contributed by atoms with Crippen LogP contribution < -0.4 is 11.1 Å². The first-order valence-electron chi connectivity index (χ1n) is 7.21. The minimum Gasteiger partial charge on any atom is -0.329 e. The normalized spacial score (nSPS) is 15.3. The summed E-state index contributed by atoms with van der Waals surface area (Å²) in [5.41, 5.74) is 6.11. The average Bonchev–Trinajstić information content (AvgIpc) is 3.20. The Kier molecular flexibility index (Phi) is 7.00. The summed E-state index contributed by atoms with van der Waals surface area (Å²) in [4.78, 5) is 16.7. The monoisotopic (exact) mass is 357 g/mol. The standard InChI is InChI=1S/C15H19N5O.2ClH/c16-11-15(6-1-2-7-15)14(21)19-12-4-5-13(17-10-12)20-9-3-8-18-20;;/h3-5,8-10H,1-2,6-7,11,16H2,(H,19,21);2*1H. The maximum atomic E-state index is 12.4. The van der Waals surface area contributed by atoms with E-state index in [1.54, 1.807) is 17.1 Å². The lowest BCUT2D eigenvalue weighted by Gasteiger charge is -2.25. The summed E-state index contributed by atoms with van der Waals surface area (Å²) >= 11 is 0. The van der Waals surface area contributed by atoms with E-state index in [2.05, 4.69) is 15.4 Å². The van der Waals surface area contributed by atoms with Gasteiger partial charge in [-0.25, -0.2) is 9.67 Å². The van der Waals surface area contributed by atoms with E-state index in [9.17, 15) is 4.79 Å². The van der Waals surface area contributed by atoms with Gasteiger partial charge < -0.3 is 11.1 Å². The first-order valence-corrected chi connectivity index (χ1v) is 7.21. The van der Waals surface area contributed by atoms with Crippen LogP contribution in [0, 0.1) is 5.41 Å². The first kappa shape index (κ1) is 19.4. The second-order valence-corrected chi connectivity index (χ2v) is 5.50. The largest absolute Gasteiger partial charge is 0.329 e. The van der Waals surface area contributed by atoms with Gasteiger partial charge in [0.2, 0.25) is 5.91 Å². The molecule has 3 N–H and O–H groups in total. The average molecular weight is 358 g/mol. The molecular formula is C15H21Cl2N5O. The molecule has 126 valence electrons. The van der Waals surface area contributed by atoms with E-state index in [1.165, 1.54) is 0 Å². The molecule has 2 aromatic rings. The van der Waals surface area contributed by atoms with Gasteiger partial charge in [-0.05, 0) is 31.0 Å². The summed E-state index contributed by atoms with van der Waals surface area (Å²) in [6.07, 6.45) is 9.05. The molecule has 0 radical (unpaired) electrons. The molecule has 0 spiro atoms. The van der Waals surface area contributed by atoms with E-state index in [0.717, 1.165) is 25.7 Å². The Labute approximate surface area is 147 Å². The fourth-order valence-corrected chi connectivity index (χ4v) is 2.84. The van der Waals surface area contributed by atoms with Gasteiger partial charge in [0.05, 0.1) is 17.3 Å². The summed E-state index contributed by atoms with van der Waals surface area (Å²) in [5, 5.41) is 7.05. The van der Waals surface area contributed by atoms with Gasteiger partial charge in [0.25, 0.3) is 0 Å². The Balaban J connectivity index is 0.00000132. The highest BCUT2D eigenvalue weighted by Gasteiger charge is 2.39. The molecule has 1 saturated carbocycles. The van der Waals surface area contributed by atoms with Gasteiger partial charge in [-0.2, -0.15) is 5.10 Å². The molecular weight excluding hydrogens is 337 g/mol. The molecule has 0 bridgehead atoms. The molecule has 8 heteroatoms. The van der Waals surface area contributed by atoms with Crippen molar-refractivity contribution in [3.05, 3.63) is 36.8 Å². The molecule has 1 fully saturated rings. The van der Waals surface area contributed by atoms with Crippen molar-refractivity contribution in [2.75, 3.05) is 11.9 Å². The van der Waals surface area contributed by atoms with Crippen molar-refractivity contribution in [2.24, 2.45) is 11.1 Å². The molecule has 6 nitrogen and oxygen atoms in total. The smallest absolute Gasteiger partial charge is 0.231 e. The quantitative estimate of drug-likeness (QED) is 0.880. The van der Waals surface area contributed by atoms with E-state index >= 15 is 0 Å². The van der Waals surface area contributed by atoms with Gasteiger partial charge in [-0.1, -0.05) is 12.8 Å². The number of anilines is 1. The third kappa shape index (κ3) is 4.02. The zero-order valence-corrected chi connectivity index (χ0v) is 14.3. The van der Waals surface area contributed by atoms with Crippen LogP contribution in [0.5, 0.6) is 0 Å². The number of rotatable bonds is 4. The van der Waals surface area contributed by atoms with Crippen molar-refractivity contribution in [2.45, 2.75) is 25.7 Å². The van der Waals surface area contributed by atoms with Gasteiger partial charge in [-0.3, -0.25) is 4.79 Å². The molecule has 1 amide bonds. The molecule has 1 aliphatic carbocycles. The summed E-state index contributed by atoms with van der Waals surface area (Å²) < 4.78 is 1.67. The number of hydrogen-bond donors (Lipinski definition) is 2. The third-order valence-corrected chi connectivity index (χ3v) is 4.18. The number of amides is 1. The van der Waals surface area contributed by atoms with Gasteiger partial charge in [0.15, 0.2) is 5.82 Å². The lowest BCUT2D eigenvalue weighted by Crippen LogP contribution is -2.40. The van der Waals surface area contributed by atoms with Crippen LogP contribution in [0.3, 0.4) is 0 Å². The van der Waals surface area contributed by atoms with E-state index in [-0.39, 0.29) is 30.7 Å². The van der Waals surface area contributed by atoms with Crippen molar-refractivity contribution >= 4 is 36.4 Å². The Hall–Kier alpha value is -1.63. The lowest BCUT2D eigenvalue weighted by atomic mass is 9.85. The maximum absolute atomic E-state index is 12.4. The number of nitrogens with two attached hydrogens (primary N) is 1. The van der Waals surface area contributed by atoms with Crippen LogP contribution in [0.15, 0.2) is 36.8 Å². The molecule has 0 unspecified atom stereocenters. The minimum absolute atomic E-state index is 0. The number of nitrogens with zero attached hydrogens (tertiary/aromatic N) is 3. The number of carbonyl (C=O) groups excluding carboxylic acids is 1. The van der Waals surface area contributed by atoms with Crippen molar-refractivity contribution in [3.8, 4) is 5.82 Å². The number of halogens is 2. The predicted molar refractivity (Wildman–Crippen MR) is 94.4 cm³/mol. The summed E-state index contributed by atoms with van der Waals surface area (Å²) in [7, 11) is 0. The fourth-order valence-electron chi connectivity index (χ4n) is 2.84. The van der Waals surface area contributed by atoms with E-state index in [1.807, 2.05) is 24.4 Å². The highest BCUT2D eigenvalue weighted by atomic mass is 35.5. The van der Waals surface area contributed by atoms with Crippen LogP contribution >= 0.6 is 24.8 Å². The Morgan fingerprint density at radius 2 is 2.04 bits per heavy atom. The van der Waals surface area contributed by atoms with Crippen molar-refractivity contribution in [1.29, 1.82) is 0 Å². The van der Waals surface area contributed by atoms with Gasteiger partial charge >= 0.3 is 0 Å². The lowest BCUT2D eigenvalue weighted by molar-refractivity contribution is -0.124. The number of hydrogen-bond acceptors (Lipinski definition) is 4. The summed E-state index contributed by atoms with van der Waals surface area (Å²) in [5.74, 6) is 0.726. The second-order valence-electron chi connectivity index (χ2n) is 5.50. The number of pyridine rings is 1. The van der Waals surface area contributed by atoms with Gasteiger partial charge in [0, 0.05) is 18.9 Å². The highest BCUT2D eigenvalue weighted by Crippen LogP contribution is 2.38. The zero-order chi connectivity index (χ0) is 14.7. The second kappa shape index (κ2) is 8.29. The van der Waals surface area contributed by atoms with Crippen LogP contribution in [0.1, 0.15) is 25.7 Å². The highest BCUT2D eigenvalue weighted by molar-refractivity contribution is 5.95. The maximum Gasteiger partial charge on any atom is 0.231 e. The van der Waals surface area contributed by atoms with E-state index in [0.29, 0.717) is 18.1 Å². The number of nitrogens with one attached hydrogen (secondary N) is 1. The van der Waals surface area contributed by atoms with E-state index < -0.39 is 5.41 Å². The van der Waals surface area contributed by atoms with Crippen molar-refractivity contribution < 1.29 is 4.79 Å². The summed E-state index contributed by atoms with van der Waals surface area (Å²) in [6, 6.07) is 5.50. The SMILES string of the molecule is Cl.Cl.NCC1(C(=O)Nc2ccc(-n3cccn3)nc2)CCCC1. The molecule has 0 atom stereocenters. The predicted octanol–water partition coefficient (Wildman–Crippen LogP) is 2.57. The van der Waals surface area contributed by atoms with Crippen LogP contribution in [-0.2, 0) is 4.79 Å².